The van der Waals surface area contributed by atoms with Gasteiger partial charge in [-0.25, -0.2) is 9.97 Å². The number of thioether (sulfide) groups is 1. The number of carbonyl (C=O) groups excluding carboxylic acids is 1. The number of hydrogen-bond donors (Lipinski definition) is 2. The van der Waals surface area contributed by atoms with Crippen molar-refractivity contribution < 1.29 is 4.79 Å². The number of nitrogens with one attached hydrogen (secondary N) is 1. The number of aromatic nitrogens is 4. The molecule has 98 valence electrons. The lowest BCUT2D eigenvalue weighted by Crippen LogP contribution is -2.24. The first-order chi connectivity index (χ1) is 9.24. The van der Waals surface area contributed by atoms with Crippen molar-refractivity contribution in [3.63, 3.8) is 0 Å². The number of nitrogens with zero attached hydrogens (tertiary/aromatic N) is 4. The molecule has 0 saturated carbocycles. The summed E-state index contributed by atoms with van der Waals surface area (Å²) in [7, 11) is 0. The first kappa shape index (κ1) is 13.2. The Labute approximate surface area is 114 Å². The zero-order valence-electron chi connectivity index (χ0n) is 9.98. The van der Waals surface area contributed by atoms with Crippen LogP contribution in [0.15, 0.2) is 36.0 Å². The summed E-state index contributed by atoms with van der Waals surface area (Å²) in [6.07, 6.45) is 4.71. The maximum Gasteiger partial charge on any atom is 0.230 e. The zero-order chi connectivity index (χ0) is 13.5. The molecule has 0 saturated heterocycles. The summed E-state index contributed by atoms with van der Waals surface area (Å²) in [4.78, 5) is 27.1. The van der Waals surface area contributed by atoms with Gasteiger partial charge in [0.1, 0.15) is 6.33 Å². The quantitative estimate of drug-likeness (QED) is 0.754. The summed E-state index contributed by atoms with van der Waals surface area (Å²) < 4.78 is 0. The summed E-state index contributed by atoms with van der Waals surface area (Å²) in [6, 6.07) is 3.72. The van der Waals surface area contributed by atoms with Crippen LogP contribution in [0.25, 0.3) is 0 Å². The molecule has 19 heavy (non-hydrogen) atoms. The van der Waals surface area contributed by atoms with Gasteiger partial charge in [0.25, 0.3) is 0 Å². The topological polar surface area (TPSA) is 107 Å². The predicted octanol–water partition coefficient (Wildman–Crippen LogP) is 0.257. The Morgan fingerprint density at radius 3 is 3.05 bits per heavy atom. The molecule has 2 aromatic rings. The number of rotatable bonds is 5. The molecule has 1 amide bonds. The SMILES string of the molecule is Nc1ncnc(SCC(=O)NCc2cccnc2)n1. The second-order valence-corrected chi connectivity index (χ2v) is 4.50. The highest BCUT2D eigenvalue weighted by atomic mass is 32.2. The predicted molar refractivity (Wildman–Crippen MR) is 71.0 cm³/mol. The molecule has 3 N–H and O–H groups in total. The van der Waals surface area contributed by atoms with Gasteiger partial charge in [-0.2, -0.15) is 4.98 Å². The number of nitrogen functional groups attached to an aromatic ring is 1. The van der Waals surface area contributed by atoms with Gasteiger partial charge in [0.2, 0.25) is 11.9 Å². The Balaban J connectivity index is 1.76. The fourth-order valence-electron chi connectivity index (χ4n) is 1.25. The lowest BCUT2D eigenvalue weighted by atomic mass is 10.3. The van der Waals surface area contributed by atoms with Crippen LogP contribution in [0, 0.1) is 0 Å². The molecule has 0 aromatic carbocycles. The van der Waals surface area contributed by atoms with E-state index in [9.17, 15) is 4.79 Å². The van der Waals surface area contributed by atoms with Gasteiger partial charge in [-0.15, -0.1) is 0 Å². The highest BCUT2D eigenvalue weighted by Crippen LogP contribution is 2.11. The average molecular weight is 276 g/mol. The minimum Gasteiger partial charge on any atom is -0.368 e. The van der Waals surface area contributed by atoms with E-state index >= 15 is 0 Å². The van der Waals surface area contributed by atoms with Crippen molar-refractivity contribution in [3.8, 4) is 0 Å². The van der Waals surface area contributed by atoms with E-state index in [0.717, 1.165) is 5.56 Å². The third kappa shape index (κ3) is 4.51. The molecule has 8 heteroatoms. The van der Waals surface area contributed by atoms with E-state index in [1.807, 2.05) is 12.1 Å². The molecule has 0 aliphatic rings. The van der Waals surface area contributed by atoms with Gasteiger partial charge in [-0.05, 0) is 11.6 Å². The molecule has 0 atom stereocenters. The van der Waals surface area contributed by atoms with Gasteiger partial charge in [0.05, 0.1) is 5.75 Å². The van der Waals surface area contributed by atoms with Gasteiger partial charge in [-0.3, -0.25) is 9.78 Å². The van der Waals surface area contributed by atoms with Gasteiger partial charge in [-0.1, -0.05) is 17.8 Å². The minimum atomic E-state index is -0.104. The molecule has 0 aliphatic heterocycles. The summed E-state index contributed by atoms with van der Waals surface area (Å²) >= 11 is 1.21. The van der Waals surface area contributed by atoms with Crippen LogP contribution in [-0.4, -0.2) is 31.6 Å². The number of amides is 1. The molecule has 0 radical (unpaired) electrons. The maximum absolute atomic E-state index is 11.6. The molecule has 0 aliphatic carbocycles. The maximum atomic E-state index is 11.6. The second-order valence-electron chi connectivity index (χ2n) is 3.55. The van der Waals surface area contributed by atoms with Crippen LogP contribution in [-0.2, 0) is 11.3 Å². The van der Waals surface area contributed by atoms with E-state index in [1.165, 1.54) is 18.1 Å². The van der Waals surface area contributed by atoms with E-state index in [1.54, 1.807) is 12.4 Å². The van der Waals surface area contributed by atoms with Gasteiger partial charge < -0.3 is 11.1 Å². The molecule has 0 unspecified atom stereocenters. The van der Waals surface area contributed by atoms with Gasteiger partial charge >= 0.3 is 0 Å². The Morgan fingerprint density at radius 2 is 2.32 bits per heavy atom. The first-order valence-electron chi connectivity index (χ1n) is 5.47. The molecular formula is C11H12N6OS. The minimum absolute atomic E-state index is 0.104. The molecule has 0 fully saturated rings. The number of anilines is 1. The number of carbonyl (C=O) groups is 1. The Bertz CT molecular complexity index is 550. The Kier molecular flexibility index (Phi) is 4.62. The van der Waals surface area contributed by atoms with Crippen molar-refractivity contribution in [2.45, 2.75) is 11.7 Å². The fraction of sp³-hybridized carbons (Fsp3) is 0.182. The number of nitrogens with two attached hydrogens (primary N) is 1. The van der Waals surface area contributed by atoms with Crippen LogP contribution in [0.4, 0.5) is 5.95 Å². The van der Waals surface area contributed by atoms with Gasteiger partial charge in [0, 0.05) is 18.9 Å². The zero-order valence-corrected chi connectivity index (χ0v) is 10.8. The largest absolute Gasteiger partial charge is 0.368 e. The summed E-state index contributed by atoms with van der Waals surface area (Å²) in [6.45, 7) is 0.451. The molecule has 0 spiro atoms. The monoisotopic (exact) mass is 276 g/mol. The summed E-state index contributed by atoms with van der Waals surface area (Å²) in [5.74, 6) is 0.269. The normalized spacial score (nSPS) is 10.1. The van der Waals surface area contributed by atoms with Crippen molar-refractivity contribution in [3.05, 3.63) is 36.4 Å². The lowest BCUT2D eigenvalue weighted by molar-refractivity contribution is -0.118. The molecule has 0 bridgehead atoms. The van der Waals surface area contributed by atoms with E-state index in [2.05, 4.69) is 25.3 Å². The van der Waals surface area contributed by atoms with Crippen LogP contribution >= 0.6 is 11.8 Å². The summed E-state index contributed by atoms with van der Waals surface area (Å²) in [5.41, 5.74) is 6.37. The van der Waals surface area contributed by atoms with Crippen LogP contribution in [0.3, 0.4) is 0 Å². The number of pyridine rings is 1. The van der Waals surface area contributed by atoms with Crippen LogP contribution < -0.4 is 11.1 Å². The second kappa shape index (κ2) is 6.64. The van der Waals surface area contributed by atoms with Crippen molar-refractivity contribution in [2.75, 3.05) is 11.5 Å². The molecular weight excluding hydrogens is 264 g/mol. The molecule has 2 aromatic heterocycles. The Hall–Kier alpha value is -2.22. The van der Waals surface area contributed by atoms with Crippen LogP contribution in [0.1, 0.15) is 5.56 Å². The fourth-order valence-corrected chi connectivity index (χ4v) is 1.89. The summed E-state index contributed by atoms with van der Waals surface area (Å²) in [5, 5.41) is 3.22. The van der Waals surface area contributed by atoms with E-state index in [0.29, 0.717) is 11.7 Å². The highest BCUT2D eigenvalue weighted by Gasteiger charge is 2.05. The molecule has 2 heterocycles. The number of hydrogen-bond acceptors (Lipinski definition) is 7. The third-order valence-electron chi connectivity index (χ3n) is 2.11. The van der Waals surface area contributed by atoms with Crippen molar-refractivity contribution >= 4 is 23.6 Å². The molecule has 2 rings (SSSR count). The van der Waals surface area contributed by atoms with Crippen molar-refractivity contribution in [2.24, 2.45) is 0 Å². The standard InChI is InChI=1S/C11H12N6OS/c12-10-15-7-16-11(17-10)19-6-9(18)14-5-8-2-1-3-13-4-8/h1-4,7H,5-6H2,(H,14,18)(H2,12,15,16,17). The highest BCUT2D eigenvalue weighted by molar-refractivity contribution is 7.99. The smallest absolute Gasteiger partial charge is 0.230 e. The first-order valence-corrected chi connectivity index (χ1v) is 6.45. The Morgan fingerprint density at radius 1 is 1.42 bits per heavy atom. The third-order valence-corrected chi connectivity index (χ3v) is 2.97. The molecule has 7 nitrogen and oxygen atoms in total. The van der Waals surface area contributed by atoms with Crippen molar-refractivity contribution in [1.29, 1.82) is 0 Å². The van der Waals surface area contributed by atoms with Crippen molar-refractivity contribution in [1.82, 2.24) is 25.3 Å². The van der Waals surface area contributed by atoms with E-state index in [-0.39, 0.29) is 17.6 Å². The van der Waals surface area contributed by atoms with Gasteiger partial charge in [0.15, 0.2) is 5.16 Å². The lowest BCUT2D eigenvalue weighted by Gasteiger charge is -2.04. The van der Waals surface area contributed by atoms with Crippen LogP contribution in [0.5, 0.6) is 0 Å². The van der Waals surface area contributed by atoms with Crippen LogP contribution in [0.2, 0.25) is 0 Å². The van der Waals surface area contributed by atoms with E-state index in [4.69, 9.17) is 5.73 Å². The average Bonchev–Trinajstić information content (AvgIpc) is 2.44. The van der Waals surface area contributed by atoms with E-state index < -0.39 is 0 Å².